The Morgan fingerprint density at radius 2 is 1.85 bits per heavy atom. The molecule has 2 atom stereocenters. The van der Waals surface area contributed by atoms with Crippen molar-refractivity contribution in [1.82, 2.24) is 24.9 Å². The molecule has 10 nitrogen and oxygen atoms in total. The van der Waals surface area contributed by atoms with E-state index in [1.807, 2.05) is 43.9 Å². The summed E-state index contributed by atoms with van der Waals surface area (Å²) >= 11 is 0. The molecule has 3 aliphatic rings. The number of hydrogen-bond acceptors (Lipinski definition) is 7. The summed E-state index contributed by atoms with van der Waals surface area (Å²) in [6, 6.07) is 5.49. The molecule has 40 heavy (non-hydrogen) atoms. The summed E-state index contributed by atoms with van der Waals surface area (Å²) in [5, 5.41) is 7.72. The molecule has 3 aliphatic heterocycles. The zero-order chi connectivity index (χ0) is 28.8. The molecule has 0 radical (unpaired) electrons. The second-order valence-electron chi connectivity index (χ2n) is 12.1. The van der Waals surface area contributed by atoms with Crippen LogP contribution in [0.15, 0.2) is 18.2 Å². The number of anilines is 1. The van der Waals surface area contributed by atoms with Gasteiger partial charge in [-0.25, -0.2) is 13.6 Å². The topological polar surface area (TPSA) is 100 Å². The van der Waals surface area contributed by atoms with E-state index in [4.69, 9.17) is 4.74 Å². The summed E-state index contributed by atoms with van der Waals surface area (Å²) in [7, 11) is 1.75. The van der Waals surface area contributed by atoms with Crippen molar-refractivity contribution in [2.75, 3.05) is 50.7 Å². The molecule has 1 aromatic carbocycles. The van der Waals surface area contributed by atoms with E-state index < -0.39 is 29.9 Å². The van der Waals surface area contributed by atoms with Gasteiger partial charge in [-0.3, -0.25) is 24.5 Å². The summed E-state index contributed by atoms with van der Waals surface area (Å²) in [6.45, 7) is 7.78. The fourth-order valence-electron chi connectivity index (χ4n) is 5.98. The van der Waals surface area contributed by atoms with Gasteiger partial charge < -0.3 is 14.5 Å². The highest BCUT2D eigenvalue weighted by Crippen LogP contribution is 2.40. The van der Waals surface area contributed by atoms with Crippen LogP contribution in [0, 0.1) is 5.92 Å². The van der Waals surface area contributed by atoms with Crippen LogP contribution in [0.2, 0.25) is 0 Å². The van der Waals surface area contributed by atoms with Gasteiger partial charge in [-0.2, -0.15) is 5.10 Å². The monoisotopic (exact) mass is 560 g/mol. The van der Waals surface area contributed by atoms with Crippen LogP contribution in [0.25, 0.3) is 10.9 Å². The van der Waals surface area contributed by atoms with Crippen LogP contribution in [0.3, 0.4) is 0 Å². The molecule has 1 N–H and O–H groups in total. The summed E-state index contributed by atoms with van der Waals surface area (Å²) in [6.07, 6.45) is 0.574. The molecule has 1 aromatic heterocycles. The summed E-state index contributed by atoms with van der Waals surface area (Å²) in [5.41, 5.74) is 1.36. The van der Waals surface area contributed by atoms with E-state index >= 15 is 8.78 Å². The third kappa shape index (κ3) is 5.77. The number of imide groups is 1. The van der Waals surface area contributed by atoms with Gasteiger partial charge in [-0.1, -0.05) is 12.1 Å². The van der Waals surface area contributed by atoms with Crippen molar-refractivity contribution in [2.24, 2.45) is 13.0 Å². The van der Waals surface area contributed by atoms with Gasteiger partial charge in [-0.05, 0) is 39.7 Å². The van der Waals surface area contributed by atoms with Crippen LogP contribution in [-0.2, 0) is 21.4 Å². The number of benzene rings is 1. The summed E-state index contributed by atoms with van der Waals surface area (Å²) < 4.78 is 38.2. The number of aryl methyl sites for hydroxylation is 1. The second kappa shape index (κ2) is 10.6. The van der Waals surface area contributed by atoms with Crippen LogP contribution >= 0.6 is 0 Å². The number of nitrogens with one attached hydrogen (secondary N) is 1. The Kier molecular flexibility index (Phi) is 7.49. The Labute approximate surface area is 232 Å². The Hall–Kier alpha value is -3.28. The van der Waals surface area contributed by atoms with Gasteiger partial charge in [0.2, 0.25) is 11.8 Å². The van der Waals surface area contributed by atoms with Crippen molar-refractivity contribution in [3.63, 3.8) is 0 Å². The van der Waals surface area contributed by atoms with E-state index in [9.17, 15) is 14.4 Å². The fourth-order valence-corrected chi connectivity index (χ4v) is 5.98. The minimum Gasteiger partial charge on any atom is -0.444 e. The van der Waals surface area contributed by atoms with Crippen LogP contribution < -0.4 is 10.2 Å². The maximum atomic E-state index is 15.6. The Morgan fingerprint density at radius 1 is 1.12 bits per heavy atom. The summed E-state index contributed by atoms with van der Waals surface area (Å²) in [4.78, 5) is 41.9. The lowest BCUT2D eigenvalue weighted by atomic mass is 9.90. The number of aromatic nitrogens is 2. The standard InChI is InChI=1S/C28H38F2N6O4/c1-27(2,3)40-26(39)35-14-12-34(13-15-35)16-18-10-11-36(17-28(18,29)30)21-7-5-6-19-23(32-33(4)24(19)21)20-8-9-22(37)31-25(20)38/h5-7,18,20H,8-17H2,1-4H3,(H,31,37,38). The lowest BCUT2D eigenvalue weighted by Crippen LogP contribution is -2.55. The predicted octanol–water partition coefficient (Wildman–Crippen LogP) is 3.11. The van der Waals surface area contributed by atoms with Gasteiger partial charge in [0.1, 0.15) is 5.60 Å². The van der Waals surface area contributed by atoms with Crippen LogP contribution in [0.4, 0.5) is 19.3 Å². The average Bonchev–Trinajstić information content (AvgIpc) is 3.21. The van der Waals surface area contributed by atoms with Gasteiger partial charge in [0.15, 0.2) is 0 Å². The average molecular weight is 561 g/mol. The number of alkyl halides is 2. The van der Waals surface area contributed by atoms with Crippen LogP contribution in [0.1, 0.15) is 51.6 Å². The first-order valence-electron chi connectivity index (χ1n) is 13.9. The maximum Gasteiger partial charge on any atom is 0.410 e. The number of carbonyl (C=O) groups excluding carboxylic acids is 3. The number of amides is 3. The van der Waals surface area contributed by atoms with E-state index in [1.165, 1.54) is 0 Å². The van der Waals surface area contributed by atoms with Crippen LogP contribution in [-0.4, -0.2) is 94.8 Å². The quantitative estimate of drug-likeness (QED) is 0.574. The molecule has 0 saturated carbocycles. The first-order chi connectivity index (χ1) is 18.8. The number of ether oxygens (including phenoxy) is 1. The minimum atomic E-state index is -2.91. The van der Waals surface area contributed by atoms with Gasteiger partial charge in [0.25, 0.3) is 5.92 Å². The first kappa shape index (κ1) is 28.3. The smallest absolute Gasteiger partial charge is 0.410 e. The second-order valence-corrected chi connectivity index (χ2v) is 12.1. The van der Waals surface area contributed by atoms with E-state index in [1.54, 1.807) is 21.5 Å². The largest absolute Gasteiger partial charge is 0.444 e. The zero-order valence-electron chi connectivity index (χ0n) is 23.6. The maximum absolute atomic E-state index is 15.6. The van der Waals surface area contributed by atoms with Gasteiger partial charge in [0, 0.05) is 64.0 Å². The van der Waals surface area contributed by atoms with E-state index in [0.29, 0.717) is 62.5 Å². The molecule has 5 rings (SSSR count). The van der Waals surface area contributed by atoms with Gasteiger partial charge in [-0.15, -0.1) is 0 Å². The number of hydrogen-bond donors (Lipinski definition) is 1. The molecule has 3 saturated heterocycles. The van der Waals surface area contributed by atoms with E-state index in [-0.39, 0.29) is 30.9 Å². The van der Waals surface area contributed by atoms with Crippen molar-refractivity contribution in [2.45, 2.75) is 57.5 Å². The third-order valence-electron chi connectivity index (χ3n) is 8.03. The number of halogens is 2. The predicted molar refractivity (Wildman–Crippen MR) is 145 cm³/mol. The van der Waals surface area contributed by atoms with Crippen molar-refractivity contribution < 1.29 is 27.9 Å². The highest BCUT2D eigenvalue weighted by atomic mass is 19.3. The highest BCUT2D eigenvalue weighted by Gasteiger charge is 2.46. The van der Waals surface area contributed by atoms with E-state index in [2.05, 4.69) is 10.4 Å². The number of para-hydroxylation sites is 1. The lowest BCUT2D eigenvalue weighted by molar-refractivity contribution is -0.134. The minimum absolute atomic E-state index is 0.240. The summed E-state index contributed by atoms with van der Waals surface area (Å²) in [5.74, 6) is -4.92. The van der Waals surface area contributed by atoms with Crippen molar-refractivity contribution in [1.29, 1.82) is 0 Å². The molecular weight excluding hydrogens is 522 g/mol. The molecule has 2 unspecified atom stereocenters. The highest BCUT2D eigenvalue weighted by molar-refractivity contribution is 6.03. The molecule has 3 fully saturated rings. The molecule has 3 amide bonds. The number of rotatable bonds is 4. The number of carbonyl (C=O) groups is 3. The molecule has 12 heteroatoms. The molecule has 218 valence electrons. The van der Waals surface area contributed by atoms with Crippen molar-refractivity contribution in [3.8, 4) is 0 Å². The Bertz CT molecular complexity index is 1300. The van der Waals surface area contributed by atoms with Crippen molar-refractivity contribution >= 4 is 34.5 Å². The molecule has 2 aromatic rings. The molecule has 0 aliphatic carbocycles. The number of fused-ring (bicyclic) bond motifs is 1. The molecule has 0 bridgehead atoms. The number of nitrogens with zero attached hydrogens (tertiary/aromatic N) is 5. The number of piperazine rings is 1. The number of piperidine rings is 2. The Morgan fingerprint density at radius 3 is 2.50 bits per heavy atom. The Balaban J connectivity index is 1.25. The SMILES string of the molecule is Cn1nc(C2CCC(=O)NC2=O)c2cccc(N3CCC(CN4CCN(C(=O)OC(C)(C)C)CC4)C(F)(F)C3)c21. The first-order valence-corrected chi connectivity index (χ1v) is 13.9. The fraction of sp³-hybridized carbons (Fsp3) is 0.643. The van der Waals surface area contributed by atoms with Gasteiger partial charge in [0.05, 0.1) is 29.4 Å². The lowest BCUT2D eigenvalue weighted by Gasteiger charge is -2.43. The van der Waals surface area contributed by atoms with Crippen molar-refractivity contribution in [3.05, 3.63) is 23.9 Å². The van der Waals surface area contributed by atoms with Crippen LogP contribution in [0.5, 0.6) is 0 Å². The van der Waals surface area contributed by atoms with Gasteiger partial charge >= 0.3 is 6.09 Å². The van der Waals surface area contributed by atoms with E-state index in [0.717, 1.165) is 5.39 Å². The normalized spacial score (nSPS) is 24.4. The third-order valence-corrected chi connectivity index (χ3v) is 8.03. The molecule has 4 heterocycles. The molecular formula is C28H38F2N6O4. The zero-order valence-corrected chi connectivity index (χ0v) is 23.6. The molecule has 0 spiro atoms.